The number of carbonyl (C=O) groups is 1. The number of fused-ring (bicyclic) bond motifs is 2. The number of pyridine rings is 1. The average Bonchev–Trinajstić information content (AvgIpc) is 3.43. The zero-order chi connectivity index (χ0) is 22.1. The molecule has 160 valence electrons. The second-order valence-corrected chi connectivity index (χ2v) is 7.46. The highest BCUT2D eigenvalue weighted by Gasteiger charge is 2.21. The highest BCUT2D eigenvalue weighted by molar-refractivity contribution is 5.94. The van der Waals surface area contributed by atoms with E-state index in [0.717, 1.165) is 22.3 Å². The van der Waals surface area contributed by atoms with Gasteiger partial charge in [-0.1, -0.05) is 30.3 Å². The molecule has 0 bridgehead atoms. The quantitative estimate of drug-likeness (QED) is 0.412. The lowest BCUT2D eigenvalue weighted by Crippen LogP contribution is -2.19. The van der Waals surface area contributed by atoms with Crippen molar-refractivity contribution in [2.75, 3.05) is 18.6 Å². The van der Waals surface area contributed by atoms with Crippen molar-refractivity contribution in [2.45, 2.75) is 13.5 Å². The number of rotatable bonds is 6. The van der Waals surface area contributed by atoms with Crippen LogP contribution in [0.25, 0.3) is 27.9 Å². The summed E-state index contributed by atoms with van der Waals surface area (Å²) in [7, 11) is 2.00. The zero-order valence-electron chi connectivity index (χ0n) is 17.8. The molecule has 0 aliphatic rings. The van der Waals surface area contributed by atoms with Crippen LogP contribution in [0.3, 0.4) is 0 Å². The van der Waals surface area contributed by atoms with Crippen molar-refractivity contribution in [1.82, 2.24) is 24.6 Å². The number of hydrogen-bond donors (Lipinski definition) is 1. The maximum Gasteiger partial charge on any atom is 0.358 e. The van der Waals surface area contributed by atoms with Gasteiger partial charge in [-0.3, -0.25) is 0 Å². The van der Waals surface area contributed by atoms with Gasteiger partial charge in [0.2, 0.25) is 0 Å². The molecule has 5 aromatic rings. The number of H-pyrrole nitrogens is 1. The van der Waals surface area contributed by atoms with E-state index < -0.39 is 5.97 Å². The fourth-order valence-corrected chi connectivity index (χ4v) is 3.82. The summed E-state index contributed by atoms with van der Waals surface area (Å²) in [5.41, 5.74) is 5.28. The second-order valence-electron chi connectivity index (χ2n) is 7.46. The fraction of sp³-hybridized carbons (Fsp3) is 0.167. The van der Waals surface area contributed by atoms with Crippen molar-refractivity contribution >= 4 is 28.3 Å². The van der Waals surface area contributed by atoms with Crippen LogP contribution >= 0.6 is 0 Å². The Hall–Kier alpha value is -4.20. The van der Waals surface area contributed by atoms with Crippen molar-refractivity contribution in [3.05, 3.63) is 78.4 Å². The maximum atomic E-state index is 12.5. The van der Waals surface area contributed by atoms with Crippen LogP contribution in [0.2, 0.25) is 0 Å². The molecule has 0 saturated heterocycles. The Morgan fingerprint density at radius 1 is 1.16 bits per heavy atom. The average molecular weight is 426 g/mol. The lowest BCUT2D eigenvalue weighted by Gasteiger charge is -2.21. The number of aromatic nitrogens is 5. The van der Waals surface area contributed by atoms with Crippen LogP contribution in [0, 0.1) is 0 Å². The first-order valence-electron chi connectivity index (χ1n) is 10.4. The summed E-state index contributed by atoms with van der Waals surface area (Å²) in [4.78, 5) is 26.7. The van der Waals surface area contributed by atoms with Crippen LogP contribution in [-0.2, 0) is 11.3 Å². The van der Waals surface area contributed by atoms with E-state index in [0.29, 0.717) is 17.9 Å². The van der Waals surface area contributed by atoms with Gasteiger partial charge in [-0.05, 0) is 30.7 Å². The Kier molecular flexibility index (Phi) is 5.03. The number of imidazole rings is 1. The normalized spacial score (nSPS) is 11.2. The third-order valence-electron chi connectivity index (χ3n) is 5.33. The number of hydrogen-bond acceptors (Lipinski definition) is 6. The van der Waals surface area contributed by atoms with Crippen LogP contribution in [-0.4, -0.2) is 44.2 Å². The molecule has 8 heteroatoms. The molecule has 32 heavy (non-hydrogen) atoms. The van der Waals surface area contributed by atoms with Gasteiger partial charge in [0.15, 0.2) is 11.3 Å². The molecule has 8 nitrogen and oxygen atoms in total. The maximum absolute atomic E-state index is 12.5. The van der Waals surface area contributed by atoms with Crippen molar-refractivity contribution in [3.63, 3.8) is 0 Å². The molecule has 0 aliphatic carbocycles. The van der Waals surface area contributed by atoms with Crippen LogP contribution in [0.15, 0.2) is 67.1 Å². The molecule has 1 aromatic carbocycles. The largest absolute Gasteiger partial charge is 0.461 e. The van der Waals surface area contributed by atoms with Gasteiger partial charge in [-0.2, -0.15) is 5.10 Å². The molecule has 4 heterocycles. The molecule has 0 aliphatic heterocycles. The summed E-state index contributed by atoms with van der Waals surface area (Å²) >= 11 is 0. The minimum atomic E-state index is -0.457. The Labute approximate surface area is 184 Å². The Morgan fingerprint density at radius 2 is 2.00 bits per heavy atom. The first-order chi connectivity index (χ1) is 15.7. The third kappa shape index (κ3) is 3.45. The SMILES string of the molecule is CCOC(=O)c1cnc2c(N(C)Cc3ccccc3)cc(-c3c[nH]c4ncccc34)nn12. The Balaban J connectivity index is 1.68. The van der Waals surface area contributed by atoms with Crippen molar-refractivity contribution < 1.29 is 9.53 Å². The van der Waals surface area contributed by atoms with E-state index in [4.69, 9.17) is 9.84 Å². The van der Waals surface area contributed by atoms with Crippen LogP contribution in [0.5, 0.6) is 0 Å². The third-order valence-corrected chi connectivity index (χ3v) is 5.33. The smallest absolute Gasteiger partial charge is 0.358 e. The number of carbonyl (C=O) groups excluding carboxylic acids is 1. The molecule has 0 atom stereocenters. The van der Waals surface area contributed by atoms with Gasteiger partial charge in [0.05, 0.1) is 24.2 Å². The van der Waals surface area contributed by atoms with Crippen LogP contribution < -0.4 is 4.90 Å². The van der Waals surface area contributed by atoms with E-state index in [1.165, 1.54) is 11.8 Å². The van der Waals surface area contributed by atoms with Gasteiger partial charge in [0.25, 0.3) is 0 Å². The molecule has 0 unspecified atom stereocenters. The Morgan fingerprint density at radius 3 is 2.81 bits per heavy atom. The van der Waals surface area contributed by atoms with Gasteiger partial charge in [-0.25, -0.2) is 19.3 Å². The molecule has 4 aromatic heterocycles. The molecule has 0 saturated carbocycles. The van der Waals surface area contributed by atoms with E-state index in [-0.39, 0.29) is 12.3 Å². The Bertz CT molecular complexity index is 1410. The molecule has 1 N–H and O–H groups in total. The highest BCUT2D eigenvalue weighted by Crippen LogP contribution is 2.31. The predicted octanol–water partition coefficient (Wildman–Crippen LogP) is 4.09. The summed E-state index contributed by atoms with van der Waals surface area (Å²) < 4.78 is 6.79. The molecular formula is C24H22N6O2. The van der Waals surface area contributed by atoms with Crippen molar-refractivity contribution in [3.8, 4) is 11.3 Å². The zero-order valence-corrected chi connectivity index (χ0v) is 17.8. The van der Waals surface area contributed by atoms with E-state index >= 15 is 0 Å². The number of nitrogens with one attached hydrogen (secondary N) is 1. The summed E-state index contributed by atoms with van der Waals surface area (Å²) in [5, 5.41) is 5.71. The lowest BCUT2D eigenvalue weighted by atomic mass is 10.1. The number of nitrogens with zero attached hydrogens (tertiary/aromatic N) is 5. The first-order valence-corrected chi connectivity index (χ1v) is 10.4. The molecule has 0 fully saturated rings. The van der Waals surface area contributed by atoms with Gasteiger partial charge < -0.3 is 14.6 Å². The van der Waals surface area contributed by atoms with E-state index in [1.807, 2.05) is 49.6 Å². The molecule has 5 rings (SSSR count). The number of benzene rings is 1. The van der Waals surface area contributed by atoms with Crippen molar-refractivity contribution in [2.24, 2.45) is 0 Å². The van der Waals surface area contributed by atoms with Gasteiger partial charge in [-0.15, -0.1) is 0 Å². The second kappa shape index (κ2) is 8.14. The van der Waals surface area contributed by atoms with Crippen LogP contribution in [0.4, 0.5) is 5.69 Å². The number of aromatic amines is 1. The molecule has 0 amide bonds. The van der Waals surface area contributed by atoms with E-state index in [9.17, 15) is 4.79 Å². The summed E-state index contributed by atoms with van der Waals surface area (Å²) in [6.45, 7) is 2.73. The fourth-order valence-electron chi connectivity index (χ4n) is 3.82. The number of esters is 1. The highest BCUT2D eigenvalue weighted by atomic mass is 16.5. The van der Waals surface area contributed by atoms with E-state index in [2.05, 4.69) is 32.0 Å². The lowest BCUT2D eigenvalue weighted by molar-refractivity contribution is 0.0517. The van der Waals surface area contributed by atoms with Gasteiger partial charge in [0, 0.05) is 36.9 Å². The number of anilines is 1. The molecule has 0 radical (unpaired) electrons. The number of ether oxygens (including phenoxy) is 1. The van der Waals surface area contributed by atoms with Gasteiger partial charge in [0.1, 0.15) is 5.65 Å². The molecular weight excluding hydrogens is 404 g/mol. The standard InChI is InChI=1S/C24H22N6O2/c1-3-32-24(31)21-14-27-23-20(29(2)15-16-8-5-4-6-9-16)12-19(28-30(21)23)18-13-26-22-17(18)10-7-11-25-22/h4-14H,3,15H2,1-2H3,(H,25,26). The van der Waals surface area contributed by atoms with Gasteiger partial charge >= 0.3 is 5.97 Å². The summed E-state index contributed by atoms with van der Waals surface area (Å²) in [6, 6.07) is 16.1. The topological polar surface area (TPSA) is 88.4 Å². The molecule has 0 spiro atoms. The van der Waals surface area contributed by atoms with Crippen LogP contribution in [0.1, 0.15) is 23.0 Å². The minimum absolute atomic E-state index is 0.278. The van der Waals surface area contributed by atoms with Crippen molar-refractivity contribution in [1.29, 1.82) is 0 Å². The minimum Gasteiger partial charge on any atom is -0.461 e. The first kappa shape index (κ1) is 19.7. The predicted molar refractivity (Wildman–Crippen MR) is 123 cm³/mol. The van der Waals surface area contributed by atoms with E-state index in [1.54, 1.807) is 17.6 Å². The monoisotopic (exact) mass is 426 g/mol. The summed E-state index contributed by atoms with van der Waals surface area (Å²) in [6.07, 6.45) is 5.14. The summed E-state index contributed by atoms with van der Waals surface area (Å²) in [5.74, 6) is -0.457.